The number of para-hydroxylation sites is 1. The topological polar surface area (TPSA) is 49.9 Å². The number of esters is 1. The molecule has 1 aromatic rings. The monoisotopic (exact) mass is 248 g/mol. The number of hydrogen-bond donors (Lipinski definition) is 0. The van der Waals surface area contributed by atoms with Crippen molar-refractivity contribution in [2.75, 3.05) is 38.7 Å². The number of likely N-dealkylation sites (N-methyl/N-ethyl adjacent to an activating group) is 1. The molecule has 1 aliphatic heterocycles. The molecule has 1 fully saturated rings. The van der Waals surface area contributed by atoms with Gasteiger partial charge >= 0.3 is 5.97 Å². The molecule has 0 radical (unpaired) electrons. The first-order valence-corrected chi connectivity index (χ1v) is 5.79. The Labute approximate surface area is 106 Å². The Kier molecular flexibility index (Phi) is 3.50. The zero-order valence-electron chi connectivity index (χ0n) is 10.5. The highest BCUT2D eigenvalue weighted by Gasteiger charge is 2.24. The van der Waals surface area contributed by atoms with Crippen molar-refractivity contribution in [1.29, 1.82) is 0 Å². The molecular weight excluding hydrogens is 232 g/mol. The number of piperazine rings is 1. The van der Waals surface area contributed by atoms with Crippen LogP contribution in [0.3, 0.4) is 0 Å². The van der Waals surface area contributed by atoms with Gasteiger partial charge in [0.1, 0.15) is 0 Å². The molecule has 0 aromatic heterocycles. The van der Waals surface area contributed by atoms with E-state index in [0.29, 0.717) is 18.7 Å². The fraction of sp³-hybridized carbons (Fsp3) is 0.385. The lowest BCUT2D eigenvalue weighted by Gasteiger charge is -2.34. The first-order chi connectivity index (χ1) is 8.63. The molecule has 96 valence electrons. The summed E-state index contributed by atoms with van der Waals surface area (Å²) >= 11 is 0. The summed E-state index contributed by atoms with van der Waals surface area (Å²) in [6.45, 7) is 1.68. The molecule has 5 heteroatoms. The summed E-state index contributed by atoms with van der Waals surface area (Å²) in [6.07, 6.45) is 0. The minimum atomic E-state index is -0.378. The van der Waals surface area contributed by atoms with Crippen molar-refractivity contribution in [3.63, 3.8) is 0 Å². The van der Waals surface area contributed by atoms with E-state index in [1.54, 1.807) is 24.1 Å². The van der Waals surface area contributed by atoms with Crippen LogP contribution >= 0.6 is 0 Å². The van der Waals surface area contributed by atoms with Gasteiger partial charge in [0, 0.05) is 20.1 Å². The standard InChI is InChI=1S/C13H16N2O3/c1-14-7-8-15(9-12(14)16)11-6-4-3-5-10(11)13(17)18-2/h3-6H,7-9H2,1-2H3. The predicted octanol–water partition coefficient (Wildman–Crippen LogP) is 0.752. The molecule has 0 saturated carbocycles. The Hall–Kier alpha value is -2.04. The first-order valence-electron chi connectivity index (χ1n) is 5.79. The molecule has 0 spiro atoms. The van der Waals surface area contributed by atoms with Gasteiger partial charge in [0.25, 0.3) is 0 Å². The van der Waals surface area contributed by atoms with Gasteiger partial charge in [-0.25, -0.2) is 4.79 Å². The average molecular weight is 248 g/mol. The number of carbonyl (C=O) groups is 2. The van der Waals surface area contributed by atoms with Gasteiger partial charge in [-0.1, -0.05) is 12.1 Å². The quantitative estimate of drug-likeness (QED) is 0.725. The number of carbonyl (C=O) groups excluding carboxylic acids is 2. The Bertz CT molecular complexity index is 473. The highest BCUT2D eigenvalue weighted by atomic mass is 16.5. The van der Waals surface area contributed by atoms with Crippen LogP contribution in [0, 0.1) is 0 Å². The average Bonchev–Trinajstić information content (AvgIpc) is 2.41. The van der Waals surface area contributed by atoms with Gasteiger partial charge in [0.15, 0.2) is 0 Å². The summed E-state index contributed by atoms with van der Waals surface area (Å²) in [5.41, 5.74) is 1.25. The van der Waals surface area contributed by atoms with Gasteiger partial charge in [-0.3, -0.25) is 4.79 Å². The summed E-state index contributed by atoms with van der Waals surface area (Å²) in [7, 11) is 3.14. The van der Waals surface area contributed by atoms with Crippen LogP contribution in [0.15, 0.2) is 24.3 Å². The number of ether oxygens (including phenoxy) is 1. The number of methoxy groups -OCH3 is 1. The second kappa shape index (κ2) is 5.08. The van der Waals surface area contributed by atoms with E-state index in [9.17, 15) is 9.59 Å². The van der Waals surface area contributed by atoms with Crippen LogP contribution in [-0.4, -0.2) is 50.6 Å². The van der Waals surface area contributed by atoms with E-state index in [0.717, 1.165) is 12.2 Å². The second-order valence-corrected chi connectivity index (χ2v) is 4.25. The third-order valence-electron chi connectivity index (χ3n) is 3.11. The minimum absolute atomic E-state index is 0.0564. The SMILES string of the molecule is COC(=O)c1ccccc1N1CCN(C)C(=O)C1. The number of anilines is 1. The Morgan fingerprint density at radius 1 is 1.28 bits per heavy atom. The van der Waals surface area contributed by atoms with Crippen LogP contribution in [0.1, 0.15) is 10.4 Å². The van der Waals surface area contributed by atoms with Crippen molar-refractivity contribution in [2.24, 2.45) is 0 Å². The normalized spacial score (nSPS) is 15.8. The van der Waals surface area contributed by atoms with Crippen molar-refractivity contribution in [2.45, 2.75) is 0 Å². The minimum Gasteiger partial charge on any atom is -0.465 e. The molecule has 18 heavy (non-hydrogen) atoms. The fourth-order valence-corrected chi connectivity index (χ4v) is 2.00. The van der Waals surface area contributed by atoms with Crippen molar-refractivity contribution in [3.8, 4) is 0 Å². The maximum absolute atomic E-state index is 11.7. The zero-order chi connectivity index (χ0) is 13.1. The van der Waals surface area contributed by atoms with E-state index in [1.807, 2.05) is 17.0 Å². The Balaban J connectivity index is 2.28. The molecule has 0 bridgehead atoms. The largest absolute Gasteiger partial charge is 0.465 e. The van der Waals surface area contributed by atoms with E-state index in [4.69, 9.17) is 4.74 Å². The van der Waals surface area contributed by atoms with Gasteiger partial charge in [-0.15, -0.1) is 0 Å². The molecule has 5 nitrogen and oxygen atoms in total. The fourth-order valence-electron chi connectivity index (χ4n) is 2.00. The van der Waals surface area contributed by atoms with Crippen LogP contribution < -0.4 is 4.90 Å². The number of hydrogen-bond acceptors (Lipinski definition) is 4. The first kappa shape index (κ1) is 12.4. The van der Waals surface area contributed by atoms with E-state index < -0.39 is 0 Å². The van der Waals surface area contributed by atoms with Crippen molar-refractivity contribution in [3.05, 3.63) is 29.8 Å². The third kappa shape index (κ3) is 2.30. The molecule has 0 unspecified atom stereocenters. The molecule has 1 aromatic carbocycles. The van der Waals surface area contributed by atoms with Crippen molar-refractivity contribution >= 4 is 17.6 Å². The number of nitrogens with zero attached hydrogens (tertiary/aromatic N) is 2. The highest BCUT2D eigenvalue weighted by Crippen LogP contribution is 2.22. The van der Waals surface area contributed by atoms with Crippen LogP contribution in [0.25, 0.3) is 0 Å². The van der Waals surface area contributed by atoms with E-state index in [2.05, 4.69) is 0 Å². The van der Waals surface area contributed by atoms with Gasteiger partial charge in [0.05, 0.1) is 24.9 Å². The molecule has 2 rings (SSSR count). The van der Waals surface area contributed by atoms with Gasteiger partial charge < -0.3 is 14.5 Å². The molecule has 1 heterocycles. The second-order valence-electron chi connectivity index (χ2n) is 4.25. The molecule has 0 atom stereocenters. The van der Waals surface area contributed by atoms with Crippen LogP contribution in [0.5, 0.6) is 0 Å². The molecule has 0 N–H and O–H groups in total. The number of rotatable bonds is 2. The summed E-state index contributed by atoms with van der Waals surface area (Å²) < 4.78 is 4.75. The Morgan fingerprint density at radius 3 is 2.67 bits per heavy atom. The third-order valence-corrected chi connectivity index (χ3v) is 3.11. The van der Waals surface area contributed by atoms with Crippen molar-refractivity contribution < 1.29 is 14.3 Å². The van der Waals surface area contributed by atoms with Gasteiger partial charge in [-0.05, 0) is 12.1 Å². The number of amides is 1. The predicted molar refractivity (Wildman–Crippen MR) is 67.6 cm³/mol. The zero-order valence-corrected chi connectivity index (χ0v) is 10.5. The lowest BCUT2D eigenvalue weighted by atomic mass is 10.1. The summed E-state index contributed by atoms with van der Waals surface area (Å²) in [4.78, 5) is 27.0. The summed E-state index contributed by atoms with van der Waals surface area (Å²) in [6, 6.07) is 7.19. The highest BCUT2D eigenvalue weighted by molar-refractivity contribution is 5.96. The molecule has 1 aliphatic rings. The lowest BCUT2D eigenvalue weighted by Crippen LogP contribution is -2.49. The summed E-state index contributed by atoms with van der Waals surface area (Å²) in [5.74, 6) is -0.321. The van der Waals surface area contributed by atoms with Crippen molar-refractivity contribution in [1.82, 2.24) is 4.90 Å². The summed E-state index contributed by atoms with van der Waals surface area (Å²) in [5, 5.41) is 0. The molecule has 0 aliphatic carbocycles. The lowest BCUT2D eigenvalue weighted by molar-refractivity contribution is -0.129. The van der Waals surface area contributed by atoms with Crippen LogP contribution in [0.4, 0.5) is 5.69 Å². The maximum atomic E-state index is 11.7. The Morgan fingerprint density at radius 2 is 2.00 bits per heavy atom. The van der Waals surface area contributed by atoms with Crippen LogP contribution in [-0.2, 0) is 9.53 Å². The van der Waals surface area contributed by atoms with Crippen LogP contribution in [0.2, 0.25) is 0 Å². The smallest absolute Gasteiger partial charge is 0.339 e. The van der Waals surface area contributed by atoms with E-state index in [-0.39, 0.29) is 11.9 Å². The molecule has 1 amide bonds. The number of benzene rings is 1. The van der Waals surface area contributed by atoms with Gasteiger partial charge in [-0.2, -0.15) is 0 Å². The van der Waals surface area contributed by atoms with E-state index in [1.165, 1.54) is 7.11 Å². The molecular formula is C13H16N2O3. The maximum Gasteiger partial charge on any atom is 0.339 e. The van der Waals surface area contributed by atoms with Gasteiger partial charge in [0.2, 0.25) is 5.91 Å². The van der Waals surface area contributed by atoms with E-state index >= 15 is 0 Å². The molecule has 1 saturated heterocycles.